The van der Waals surface area contributed by atoms with Crippen LogP contribution < -0.4 is 15.8 Å². The van der Waals surface area contributed by atoms with Crippen LogP contribution in [0.3, 0.4) is 0 Å². The lowest BCUT2D eigenvalue weighted by molar-refractivity contribution is 0.0600. The zero-order valence-corrected chi connectivity index (χ0v) is 21.4. The van der Waals surface area contributed by atoms with Crippen LogP contribution in [-0.2, 0) is 11.2 Å². The summed E-state index contributed by atoms with van der Waals surface area (Å²) in [4.78, 5) is 34.4. The van der Waals surface area contributed by atoms with E-state index in [4.69, 9.17) is 25.2 Å². The molecule has 3 aromatic carbocycles. The standard InChI is InChI=1S/C29H26N6O4/c1-38-21-13-9-18(10-14-21)15-16-31-28(36)24-25-27(34-23-6-4-3-5-22(23)33-25)35(26(24)30)32-17-19-7-11-20(12-8-19)29(37)39-2/h3-14,17H,15-16,30H2,1-2H3,(H,31,36)/b32-17-. The molecule has 2 aromatic heterocycles. The lowest BCUT2D eigenvalue weighted by atomic mass is 10.1. The van der Waals surface area contributed by atoms with Crippen LogP contribution >= 0.6 is 0 Å². The summed E-state index contributed by atoms with van der Waals surface area (Å²) in [7, 11) is 2.95. The van der Waals surface area contributed by atoms with Gasteiger partial charge in [0, 0.05) is 6.54 Å². The Bertz CT molecular complexity index is 1690. The second kappa shape index (κ2) is 11.0. The van der Waals surface area contributed by atoms with Gasteiger partial charge < -0.3 is 20.5 Å². The Kier molecular flexibility index (Phi) is 7.17. The van der Waals surface area contributed by atoms with Crippen molar-refractivity contribution in [3.63, 3.8) is 0 Å². The summed E-state index contributed by atoms with van der Waals surface area (Å²) >= 11 is 0. The summed E-state index contributed by atoms with van der Waals surface area (Å²) < 4.78 is 11.3. The smallest absolute Gasteiger partial charge is 0.337 e. The molecule has 0 spiro atoms. The molecular formula is C29H26N6O4. The Balaban J connectivity index is 1.46. The van der Waals surface area contributed by atoms with Gasteiger partial charge in [0.2, 0.25) is 0 Å². The van der Waals surface area contributed by atoms with Gasteiger partial charge in [0.1, 0.15) is 22.6 Å². The van der Waals surface area contributed by atoms with Crippen LogP contribution in [0.25, 0.3) is 22.2 Å². The third-order valence-corrected chi connectivity index (χ3v) is 6.21. The minimum atomic E-state index is -0.427. The van der Waals surface area contributed by atoms with Crippen LogP contribution in [0.2, 0.25) is 0 Å². The van der Waals surface area contributed by atoms with Crippen molar-refractivity contribution in [2.24, 2.45) is 5.10 Å². The molecule has 5 rings (SSSR count). The molecule has 0 aliphatic rings. The molecule has 0 saturated heterocycles. The molecule has 10 heteroatoms. The first-order chi connectivity index (χ1) is 19.0. The van der Waals surface area contributed by atoms with Crippen molar-refractivity contribution >= 4 is 46.1 Å². The fraction of sp³-hybridized carbons (Fsp3) is 0.138. The Hall–Kier alpha value is -5.25. The molecule has 0 aliphatic heterocycles. The molecule has 0 radical (unpaired) electrons. The number of anilines is 1. The molecule has 39 heavy (non-hydrogen) atoms. The van der Waals surface area contributed by atoms with Gasteiger partial charge in [-0.05, 0) is 53.9 Å². The minimum absolute atomic E-state index is 0.115. The first-order valence-electron chi connectivity index (χ1n) is 12.2. The number of carbonyl (C=O) groups is 2. The molecule has 0 aliphatic carbocycles. The quantitative estimate of drug-likeness (QED) is 0.234. The number of nitrogens with one attached hydrogen (secondary N) is 1. The van der Waals surface area contributed by atoms with Gasteiger partial charge in [-0.15, -0.1) is 0 Å². The third kappa shape index (κ3) is 5.26. The number of rotatable bonds is 8. The number of hydrogen-bond acceptors (Lipinski definition) is 8. The van der Waals surface area contributed by atoms with E-state index in [1.54, 1.807) is 37.6 Å². The van der Waals surface area contributed by atoms with E-state index in [-0.39, 0.29) is 17.3 Å². The predicted octanol–water partition coefficient (Wildman–Crippen LogP) is 3.82. The Morgan fingerprint density at radius 2 is 1.67 bits per heavy atom. The molecule has 3 N–H and O–H groups in total. The number of nitrogens with zero attached hydrogens (tertiary/aromatic N) is 4. The minimum Gasteiger partial charge on any atom is -0.497 e. The van der Waals surface area contributed by atoms with Crippen LogP contribution in [0.4, 0.5) is 5.82 Å². The maximum absolute atomic E-state index is 13.3. The number of ether oxygens (including phenoxy) is 2. The van der Waals surface area contributed by atoms with E-state index in [2.05, 4.69) is 10.4 Å². The van der Waals surface area contributed by atoms with E-state index in [9.17, 15) is 9.59 Å². The van der Waals surface area contributed by atoms with Crippen LogP contribution in [0.15, 0.2) is 77.9 Å². The van der Waals surface area contributed by atoms with Crippen molar-refractivity contribution in [1.82, 2.24) is 20.0 Å². The van der Waals surface area contributed by atoms with E-state index in [1.807, 2.05) is 48.5 Å². The second-order valence-electron chi connectivity index (χ2n) is 8.67. The van der Waals surface area contributed by atoms with Crippen LogP contribution in [0.1, 0.15) is 31.8 Å². The number of para-hydroxylation sites is 2. The van der Waals surface area contributed by atoms with Crippen molar-refractivity contribution < 1.29 is 19.1 Å². The summed E-state index contributed by atoms with van der Waals surface area (Å²) in [6.45, 7) is 0.397. The average Bonchev–Trinajstić information content (AvgIpc) is 3.24. The molecule has 0 fully saturated rings. The number of nitrogen functional groups attached to an aromatic ring is 1. The maximum atomic E-state index is 13.3. The molecule has 1 amide bonds. The summed E-state index contributed by atoms with van der Waals surface area (Å²) in [5.41, 5.74) is 10.9. The van der Waals surface area contributed by atoms with Gasteiger partial charge in [-0.2, -0.15) is 9.78 Å². The maximum Gasteiger partial charge on any atom is 0.337 e. The highest BCUT2D eigenvalue weighted by Gasteiger charge is 2.24. The van der Waals surface area contributed by atoms with E-state index >= 15 is 0 Å². The zero-order valence-electron chi connectivity index (χ0n) is 21.4. The highest BCUT2D eigenvalue weighted by atomic mass is 16.5. The van der Waals surface area contributed by atoms with Crippen LogP contribution in [0, 0.1) is 0 Å². The van der Waals surface area contributed by atoms with Gasteiger partial charge in [-0.3, -0.25) is 4.79 Å². The average molecular weight is 523 g/mol. The molecule has 5 aromatic rings. The molecule has 0 atom stereocenters. The number of nitrogens with two attached hydrogens (primary N) is 1. The fourth-order valence-electron chi connectivity index (χ4n) is 4.14. The van der Waals surface area contributed by atoms with E-state index in [1.165, 1.54) is 11.8 Å². The van der Waals surface area contributed by atoms with Gasteiger partial charge in [0.15, 0.2) is 5.65 Å². The molecule has 196 valence electrons. The molecule has 0 saturated carbocycles. The molecule has 10 nitrogen and oxygen atoms in total. The van der Waals surface area contributed by atoms with Crippen molar-refractivity contribution in [1.29, 1.82) is 0 Å². The first kappa shape index (κ1) is 25.4. The number of carbonyl (C=O) groups excluding carboxylic acids is 2. The van der Waals surface area contributed by atoms with Crippen molar-refractivity contribution in [3.05, 3.63) is 95.1 Å². The second-order valence-corrected chi connectivity index (χ2v) is 8.67. The Labute approximate surface area is 224 Å². The van der Waals surface area contributed by atoms with E-state index < -0.39 is 5.97 Å². The van der Waals surface area contributed by atoms with Gasteiger partial charge in [0.25, 0.3) is 5.91 Å². The largest absolute Gasteiger partial charge is 0.497 e. The lowest BCUT2D eigenvalue weighted by Gasteiger charge is -2.06. The highest BCUT2D eigenvalue weighted by molar-refractivity contribution is 6.10. The number of fused-ring (bicyclic) bond motifs is 2. The summed E-state index contributed by atoms with van der Waals surface area (Å²) in [5.74, 6) is 0.0923. The monoisotopic (exact) mass is 522 g/mol. The van der Waals surface area contributed by atoms with Crippen LogP contribution in [0.5, 0.6) is 5.75 Å². The summed E-state index contributed by atoms with van der Waals surface area (Å²) in [6, 6.07) is 21.8. The number of methoxy groups -OCH3 is 2. The third-order valence-electron chi connectivity index (χ3n) is 6.21. The Morgan fingerprint density at radius 3 is 2.33 bits per heavy atom. The number of benzene rings is 3. The summed E-state index contributed by atoms with van der Waals surface area (Å²) in [6.07, 6.45) is 2.20. The van der Waals surface area contributed by atoms with E-state index in [0.29, 0.717) is 46.3 Å². The van der Waals surface area contributed by atoms with Crippen molar-refractivity contribution in [3.8, 4) is 5.75 Å². The SMILES string of the molecule is COC(=O)c1ccc(/C=N\n2c(N)c(C(=O)NCCc3ccc(OC)cc3)c3nc4ccccc4nc32)cc1. The molecule has 0 bridgehead atoms. The normalized spacial score (nSPS) is 11.2. The lowest BCUT2D eigenvalue weighted by Crippen LogP contribution is -2.26. The number of esters is 1. The highest BCUT2D eigenvalue weighted by Crippen LogP contribution is 2.28. The fourth-order valence-corrected chi connectivity index (χ4v) is 4.14. The molecule has 2 heterocycles. The summed E-state index contributed by atoms with van der Waals surface area (Å²) in [5, 5.41) is 7.45. The molecular weight excluding hydrogens is 496 g/mol. The zero-order chi connectivity index (χ0) is 27.4. The number of aromatic nitrogens is 3. The van der Waals surface area contributed by atoms with E-state index in [0.717, 1.165) is 11.3 Å². The van der Waals surface area contributed by atoms with Gasteiger partial charge in [-0.25, -0.2) is 14.8 Å². The number of amides is 1. The van der Waals surface area contributed by atoms with Crippen molar-refractivity contribution in [2.75, 3.05) is 26.5 Å². The predicted molar refractivity (Wildman–Crippen MR) is 149 cm³/mol. The van der Waals surface area contributed by atoms with Crippen LogP contribution in [-0.4, -0.2) is 53.5 Å². The topological polar surface area (TPSA) is 134 Å². The Morgan fingerprint density at radius 1 is 0.974 bits per heavy atom. The van der Waals surface area contributed by atoms with Crippen molar-refractivity contribution in [2.45, 2.75) is 6.42 Å². The molecule has 0 unspecified atom stereocenters. The first-order valence-corrected chi connectivity index (χ1v) is 12.2. The van der Waals surface area contributed by atoms with Gasteiger partial charge in [-0.1, -0.05) is 36.4 Å². The van der Waals surface area contributed by atoms with Gasteiger partial charge >= 0.3 is 5.97 Å². The van der Waals surface area contributed by atoms with Gasteiger partial charge in [0.05, 0.1) is 37.0 Å². The number of hydrogen-bond donors (Lipinski definition) is 2.